The van der Waals surface area contributed by atoms with Crippen LogP contribution >= 0.6 is 11.6 Å². The number of hydrogen-bond donors (Lipinski definition) is 0. The van der Waals surface area contributed by atoms with Crippen LogP contribution in [0, 0.1) is 0 Å². The molecule has 0 fully saturated rings. The number of unbranched alkanes of at least 4 members (excludes halogenated alkanes) is 7. The van der Waals surface area contributed by atoms with Gasteiger partial charge in [0.1, 0.15) is 0 Å². The maximum Gasteiger partial charge on any atom is 0.272 e. The zero-order valence-corrected chi connectivity index (χ0v) is 17.5. The predicted octanol–water partition coefficient (Wildman–Crippen LogP) is 4.87. The number of tetrazole rings is 1. The average Bonchev–Trinajstić information content (AvgIpc) is 3.20. The summed E-state index contributed by atoms with van der Waals surface area (Å²) in [6.07, 6.45) is 14.2. The fourth-order valence-corrected chi connectivity index (χ4v) is 4.27. The highest BCUT2D eigenvalue weighted by Gasteiger charge is 2.23. The Hall–Kier alpha value is -1.99. The van der Waals surface area contributed by atoms with Gasteiger partial charge in [-0.3, -0.25) is 0 Å². The van der Waals surface area contributed by atoms with Crippen LogP contribution in [0.25, 0.3) is 5.69 Å². The van der Waals surface area contributed by atoms with Gasteiger partial charge in [-0.2, -0.15) is 4.68 Å². The van der Waals surface area contributed by atoms with E-state index < -0.39 is 9.84 Å². The third kappa shape index (κ3) is 7.56. The van der Waals surface area contributed by atoms with Crippen LogP contribution in [-0.4, -0.2) is 34.4 Å². The molecule has 0 amide bonds. The first-order valence-corrected chi connectivity index (χ1v) is 11.7. The molecule has 1 aromatic carbocycles. The van der Waals surface area contributed by atoms with Crippen molar-refractivity contribution < 1.29 is 8.42 Å². The van der Waals surface area contributed by atoms with Crippen molar-refractivity contribution in [2.75, 3.05) is 5.75 Å². The molecule has 1 aromatic heterocycles. The maximum absolute atomic E-state index is 12.6. The number of benzene rings is 1. The monoisotopic (exact) mass is 422 g/mol. The number of hydrogen-bond acceptors (Lipinski definition) is 5. The molecule has 0 bridgehead atoms. The van der Waals surface area contributed by atoms with Crippen molar-refractivity contribution in [1.29, 1.82) is 0 Å². The van der Waals surface area contributed by atoms with E-state index in [0.29, 0.717) is 12.1 Å². The van der Waals surface area contributed by atoms with Gasteiger partial charge in [-0.25, -0.2) is 8.42 Å². The summed E-state index contributed by atoms with van der Waals surface area (Å²) in [5, 5.41) is 11.0. The van der Waals surface area contributed by atoms with Crippen molar-refractivity contribution in [3.8, 4) is 5.69 Å². The highest BCUT2D eigenvalue weighted by Crippen LogP contribution is 2.15. The van der Waals surface area contributed by atoms with E-state index in [1.165, 1.54) is 29.5 Å². The van der Waals surface area contributed by atoms with E-state index in [9.17, 15) is 8.42 Å². The lowest BCUT2D eigenvalue weighted by atomic mass is 10.1. The zero-order valence-electron chi connectivity index (χ0n) is 16.0. The molecule has 2 aromatic rings. The van der Waals surface area contributed by atoms with Gasteiger partial charge in [-0.15, -0.1) is 0 Å². The highest BCUT2D eigenvalue weighted by molar-refractivity contribution is 7.91. The maximum atomic E-state index is 12.6. The Bertz CT molecular complexity index is 848. The Balaban J connectivity index is 1.66. The normalized spacial score (nSPS) is 12.3. The summed E-state index contributed by atoms with van der Waals surface area (Å²) in [5.74, 6) is 0.0685. The molecule has 2 rings (SSSR count). The van der Waals surface area contributed by atoms with Crippen LogP contribution in [0.1, 0.15) is 51.4 Å². The number of allylic oxidation sites excluding steroid dienone is 3. The van der Waals surface area contributed by atoms with E-state index in [4.69, 9.17) is 11.6 Å². The van der Waals surface area contributed by atoms with Gasteiger partial charge in [0.25, 0.3) is 5.16 Å². The molecule has 0 aliphatic carbocycles. The quantitative estimate of drug-likeness (QED) is 0.340. The second-order valence-corrected chi connectivity index (χ2v) is 8.79. The summed E-state index contributed by atoms with van der Waals surface area (Å²) in [5.41, 5.74) is 2.14. The second kappa shape index (κ2) is 12.5. The summed E-state index contributed by atoms with van der Waals surface area (Å²) in [6.45, 7) is 0. The molecule has 0 aliphatic rings. The van der Waals surface area contributed by atoms with Gasteiger partial charge in [0.2, 0.25) is 9.84 Å². The van der Waals surface area contributed by atoms with Crippen LogP contribution in [0.15, 0.2) is 59.3 Å². The Morgan fingerprint density at radius 1 is 0.929 bits per heavy atom. The molecule has 28 heavy (non-hydrogen) atoms. The van der Waals surface area contributed by atoms with Crippen LogP contribution < -0.4 is 0 Å². The van der Waals surface area contributed by atoms with E-state index >= 15 is 0 Å². The molecule has 0 atom stereocenters. The zero-order chi connectivity index (χ0) is 20.1. The van der Waals surface area contributed by atoms with Gasteiger partial charge >= 0.3 is 0 Å². The summed E-state index contributed by atoms with van der Waals surface area (Å²) < 4.78 is 26.5. The fraction of sp³-hybridized carbons (Fsp3) is 0.450. The molecule has 0 saturated carbocycles. The third-order valence-electron chi connectivity index (χ3n) is 4.32. The Morgan fingerprint density at radius 3 is 2.32 bits per heavy atom. The third-order valence-corrected chi connectivity index (χ3v) is 6.11. The summed E-state index contributed by atoms with van der Waals surface area (Å²) in [7, 11) is -3.50. The SMILES string of the molecule is O=S(=O)(CCCCCCCCC/C=C/C=C/Cl)c1nnnn1-c1ccccc1. The standard InChI is InChI=1S/C20H27ClN4O2S/c21-17-13-8-6-4-2-1-3-5-7-9-14-18-28(26,27)20-22-23-24-25(20)19-15-11-10-12-16-19/h6,8,10-13,15-17H,1-5,7,9,14,18H2/b8-6+,17-13+. The van der Waals surface area contributed by atoms with Gasteiger partial charge in [0, 0.05) is 5.54 Å². The molecule has 1 heterocycles. The Morgan fingerprint density at radius 2 is 1.61 bits per heavy atom. The summed E-state index contributed by atoms with van der Waals surface area (Å²) in [4.78, 5) is 0. The molecule has 0 radical (unpaired) electrons. The number of sulfone groups is 1. The number of halogens is 1. The van der Waals surface area contributed by atoms with Crippen LogP contribution in [0.3, 0.4) is 0 Å². The van der Waals surface area contributed by atoms with Gasteiger partial charge in [-0.05, 0) is 41.8 Å². The summed E-state index contributed by atoms with van der Waals surface area (Å²) in [6, 6.07) is 9.05. The molecule has 6 nitrogen and oxygen atoms in total. The van der Waals surface area contributed by atoms with Crippen LogP contribution in [0.2, 0.25) is 0 Å². The highest BCUT2D eigenvalue weighted by atomic mass is 35.5. The van der Waals surface area contributed by atoms with Crippen LogP contribution in [0.4, 0.5) is 0 Å². The molecule has 0 saturated heterocycles. The molecule has 0 unspecified atom stereocenters. The van der Waals surface area contributed by atoms with Gasteiger partial charge in [-0.1, -0.05) is 85.2 Å². The fourth-order valence-electron chi connectivity index (χ4n) is 2.85. The van der Waals surface area contributed by atoms with Crippen molar-refractivity contribution in [3.05, 3.63) is 54.1 Å². The molecular formula is C20H27ClN4O2S. The predicted molar refractivity (Wildman–Crippen MR) is 112 cm³/mol. The van der Waals surface area contributed by atoms with Crippen molar-refractivity contribution in [2.45, 2.75) is 56.5 Å². The van der Waals surface area contributed by atoms with Crippen molar-refractivity contribution in [2.24, 2.45) is 0 Å². The van der Waals surface area contributed by atoms with E-state index in [0.717, 1.165) is 25.7 Å². The lowest BCUT2D eigenvalue weighted by molar-refractivity contribution is 0.566. The van der Waals surface area contributed by atoms with Crippen molar-refractivity contribution in [3.63, 3.8) is 0 Å². The first-order chi connectivity index (χ1) is 13.6. The lowest BCUT2D eigenvalue weighted by Crippen LogP contribution is -2.14. The van der Waals surface area contributed by atoms with E-state index in [-0.39, 0.29) is 10.9 Å². The smallest absolute Gasteiger partial charge is 0.220 e. The van der Waals surface area contributed by atoms with Crippen LogP contribution in [-0.2, 0) is 9.84 Å². The minimum atomic E-state index is -3.50. The van der Waals surface area contributed by atoms with Gasteiger partial charge < -0.3 is 0 Å². The number of rotatable bonds is 13. The average molecular weight is 423 g/mol. The van der Waals surface area contributed by atoms with Crippen LogP contribution in [0.5, 0.6) is 0 Å². The Kier molecular flexibility index (Phi) is 9.93. The van der Waals surface area contributed by atoms with Gasteiger partial charge in [0.15, 0.2) is 0 Å². The Labute approximate surface area is 172 Å². The number of nitrogens with zero attached hydrogens (tertiary/aromatic N) is 4. The molecular weight excluding hydrogens is 396 g/mol. The molecule has 0 aliphatic heterocycles. The van der Waals surface area contributed by atoms with Crippen molar-refractivity contribution in [1.82, 2.24) is 20.2 Å². The summed E-state index contributed by atoms with van der Waals surface area (Å²) >= 11 is 5.44. The van der Waals surface area contributed by atoms with Gasteiger partial charge in [0.05, 0.1) is 11.4 Å². The molecule has 152 valence electrons. The topological polar surface area (TPSA) is 77.7 Å². The number of para-hydroxylation sites is 1. The lowest BCUT2D eigenvalue weighted by Gasteiger charge is -2.06. The first-order valence-electron chi connectivity index (χ1n) is 9.63. The minimum absolute atomic E-state index is 0.0685. The number of aromatic nitrogens is 4. The molecule has 0 spiro atoms. The van der Waals surface area contributed by atoms with E-state index in [1.54, 1.807) is 12.1 Å². The first kappa shape index (κ1) is 22.3. The van der Waals surface area contributed by atoms with Crippen molar-refractivity contribution >= 4 is 21.4 Å². The van der Waals surface area contributed by atoms with E-state index in [1.807, 2.05) is 30.4 Å². The molecule has 0 N–H and O–H groups in total. The minimum Gasteiger partial charge on any atom is -0.220 e. The largest absolute Gasteiger partial charge is 0.272 e. The van der Waals surface area contributed by atoms with E-state index in [2.05, 4.69) is 21.6 Å². The second-order valence-electron chi connectivity index (χ2n) is 6.54. The molecule has 8 heteroatoms.